The second kappa shape index (κ2) is 9.19. The van der Waals surface area contributed by atoms with Crippen LogP contribution in [-0.4, -0.2) is 42.6 Å². The molecule has 2 atom stereocenters. The lowest BCUT2D eigenvalue weighted by Crippen LogP contribution is -2.52. The molecule has 3 aliphatic rings. The highest BCUT2D eigenvalue weighted by atomic mass is 79.9. The number of nitrogens with zero attached hydrogens (tertiary/aromatic N) is 1. The molecule has 31 heavy (non-hydrogen) atoms. The summed E-state index contributed by atoms with van der Waals surface area (Å²) in [6.07, 6.45) is 5.79. The van der Waals surface area contributed by atoms with Crippen molar-refractivity contribution in [1.29, 1.82) is 0 Å². The van der Waals surface area contributed by atoms with Crippen molar-refractivity contribution in [2.24, 2.45) is 5.92 Å². The van der Waals surface area contributed by atoms with E-state index < -0.39 is 12.1 Å². The highest BCUT2D eigenvalue weighted by molar-refractivity contribution is 9.10. The molecule has 1 N–H and O–H groups in total. The first kappa shape index (κ1) is 22.1. The third kappa shape index (κ3) is 4.32. The second-order valence-corrected chi connectivity index (χ2v) is 9.96. The standard InChI is InChI=1S/C25H31BrN2O3/c1-15(2)23(27-25(30)31-3)24(29)28-13-5-8-22(28)21-14-20(18-6-4-7-19(18)21)16-9-11-17(26)12-10-16/h9-12,15,22-23H,4-8,13-14H2,1-3H3,(H,27,30)/t22-,23-/m0/s1. The van der Waals surface area contributed by atoms with Crippen molar-refractivity contribution < 1.29 is 14.3 Å². The molecule has 2 amide bonds. The number of alkyl carbamates (subject to hydrolysis) is 1. The summed E-state index contributed by atoms with van der Waals surface area (Å²) in [6, 6.07) is 8.15. The Balaban J connectivity index is 1.59. The van der Waals surface area contributed by atoms with E-state index in [4.69, 9.17) is 4.74 Å². The van der Waals surface area contributed by atoms with E-state index in [1.165, 1.54) is 41.4 Å². The molecule has 1 saturated carbocycles. The molecule has 0 aromatic heterocycles. The number of ether oxygens (including phenoxy) is 1. The lowest BCUT2D eigenvalue weighted by atomic mass is 9.94. The maximum absolute atomic E-state index is 13.5. The van der Waals surface area contributed by atoms with Gasteiger partial charge in [0.25, 0.3) is 0 Å². The number of halogens is 1. The van der Waals surface area contributed by atoms with Gasteiger partial charge in [-0.1, -0.05) is 41.9 Å². The maximum Gasteiger partial charge on any atom is 0.407 e. The van der Waals surface area contributed by atoms with E-state index >= 15 is 0 Å². The summed E-state index contributed by atoms with van der Waals surface area (Å²) >= 11 is 3.54. The largest absolute Gasteiger partial charge is 0.453 e. The molecule has 0 unspecified atom stereocenters. The first-order chi connectivity index (χ1) is 14.9. The van der Waals surface area contributed by atoms with Gasteiger partial charge in [0.15, 0.2) is 0 Å². The van der Waals surface area contributed by atoms with E-state index in [2.05, 4.69) is 45.5 Å². The molecule has 0 bridgehead atoms. The molecule has 1 heterocycles. The lowest BCUT2D eigenvalue weighted by Gasteiger charge is -2.32. The average molecular weight is 487 g/mol. The normalized spacial score (nSPS) is 21.7. The van der Waals surface area contributed by atoms with Crippen LogP contribution in [0.5, 0.6) is 0 Å². The fourth-order valence-corrected chi connectivity index (χ4v) is 5.62. The smallest absolute Gasteiger partial charge is 0.407 e. The molecule has 166 valence electrons. The van der Waals surface area contributed by atoms with Crippen molar-refractivity contribution in [2.75, 3.05) is 13.7 Å². The lowest BCUT2D eigenvalue weighted by molar-refractivity contribution is -0.134. The first-order valence-corrected chi connectivity index (χ1v) is 12.0. The van der Waals surface area contributed by atoms with Gasteiger partial charge in [0.1, 0.15) is 6.04 Å². The molecule has 2 aliphatic carbocycles. The number of methoxy groups -OCH3 is 1. The van der Waals surface area contributed by atoms with Crippen molar-refractivity contribution >= 4 is 33.5 Å². The minimum Gasteiger partial charge on any atom is -0.453 e. The minimum atomic E-state index is -0.568. The van der Waals surface area contributed by atoms with Crippen molar-refractivity contribution in [3.8, 4) is 0 Å². The number of carbonyl (C=O) groups is 2. The molecule has 1 aliphatic heterocycles. The van der Waals surface area contributed by atoms with E-state index in [-0.39, 0.29) is 17.9 Å². The summed E-state index contributed by atoms with van der Waals surface area (Å²) in [6.45, 7) is 4.67. The molecule has 5 nitrogen and oxygen atoms in total. The van der Waals surface area contributed by atoms with E-state index in [1.807, 2.05) is 18.7 Å². The van der Waals surface area contributed by atoms with E-state index in [9.17, 15) is 9.59 Å². The van der Waals surface area contributed by atoms with E-state index in [1.54, 1.807) is 0 Å². The highest BCUT2D eigenvalue weighted by Crippen LogP contribution is 2.49. The first-order valence-electron chi connectivity index (χ1n) is 11.3. The highest BCUT2D eigenvalue weighted by Gasteiger charge is 2.40. The number of amides is 2. The van der Waals surface area contributed by atoms with Crippen LogP contribution in [0.1, 0.15) is 57.9 Å². The number of hydrogen-bond donors (Lipinski definition) is 1. The summed E-state index contributed by atoms with van der Waals surface area (Å²) < 4.78 is 5.85. The van der Waals surface area contributed by atoms with Crippen molar-refractivity contribution in [3.63, 3.8) is 0 Å². The van der Waals surface area contributed by atoms with Gasteiger partial charge in [-0.3, -0.25) is 4.79 Å². The number of benzene rings is 1. The van der Waals surface area contributed by atoms with Gasteiger partial charge < -0.3 is 15.0 Å². The number of hydrogen-bond acceptors (Lipinski definition) is 3. The Morgan fingerprint density at radius 3 is 2.48 bits per heavy atom. The van der Waals surface area contributed by atoms with Gasteiger partial charge in [-0.05, 0) is 84.4 Å². The van der Waals surface area contributed by atoms with Gasteiger partial charge in [0, 0.05) is 11.0 Å². The van der Waals surface area contributed by atoms with E-state index in [0.29, 0.717) is 0 Å². The molecular formula is C25H31BrN2O3. The van der Waals surface area contributed by atoms with Gasteiger partial charge in [0.2, 0.25) is 5.91 Å². The van der Waals surface area contributed by atoms with Crippen LogP contribution < -0.4 is 5.32 Å². The molecule has 2 fully saturated rings. The van der Waals surface area contributed by atoms with Gasteiger partial charge in [-0.25, -0.2) is 4.79 Å². The van der Waals surface area contributed by atoms with E-state index in [0.717, 1.165) is 43.1 Å². The zero-order chi connectivity index (χ0) is 22.1. The Hall–Kier alpha value is -2.08. The van der Waals surface area contributed by atoms with Crippen molar-refractivity contribution in [3.05, 3.63) is 51.0 Å². The summed E-state index contributed by atoms with van der Waals surface area (Å²) in [5.74, 6) is 0.000197. The second-order valence-electron chi connectivity index (χ2n) is 9.05. The van der Waals surface area contributed by atoms with Crippen LogP contribution in [0.15, 0.2) is 45.5 Å². The van der Waals surface area contributed by atoms with Gasteiger partial charge >= 0.3 is 6.09 Å². The SMILES string of the molecule is COC(=O)N[C@H](C(=O)N1CCC[C@H]1C1=C2CCCC2=C(c2ccc(Br)cc2)C1)C(C)C. The summed E-state index contributed by atoms with van der Waals surface area (Å²) in [5.41, 5.74) is 7.14. The van der Waals surface area contributed by atoms with Crippen LogP contribution in [-0.2, 0) is 9.53 Å². The zero-order valence-electron chi connectivity index (χ0n) is 18.5. The summed E-state index contributed by atoms with van der Waals surface area (Å²) in [5, 5.41) is 2.76. The number of carbonyl (C=O) groups excluding carboxylic acids is 2. The molecule has 1 aromatic carbocycles. The predicted octanol–water partition coefficient (Wildman–Crippen LogP) is 5.46. The molecule has 4 rings (SSSR count). The molecule has 1 saturated heterocycles. The van der Waals surface area contributed by atoms with Gasteiger partial charge in [-0.15, -0.1) is 0 Å². The Labute approximate surface area is 193 Å². The number of fused-ring (bicyclic) bond motifs is 1. The third-order valence-electron chi connectivity index (χ3n) is 6.86. The van der Waals surface area contributed by atoms with Crippen LogP contribution in [0.4, 0.5) is 4.79 Å². The maximum atomic E-state index is 13.5. The fraction of sp³-hybridized carbons (Fsp3) is 0.520. The Kier molecular flexibility index (Phi) is 6.56. The number of likely N-dealkylation sites (tertiary alicyclic amines) is 1. The summed E-state index contributed by atoms with van der Waals surface area (Å²) in [7, 11) is 1.33. The number of nitrogens with one attached hydrogen (secondary N) is 1. The van der Waals surface area contributed by atoms with Crippen molar-refractivity contribution in [2.45, 2.75) is 64.5 Å². The van der Waals surface area contributed by atoms with Gasteiger partial charge in [-0.2, -0.15) is 0 Å². The molecule has 6 heteroatoms. The van der Waals surface area contributed by atoms with Crippen LogP contribution in [0.2, 0.25) is 0 Å². The predicted molar refractivity (Wildman–Crippen MR) is 125 cm³/mol. The summed E-state index contributed by atoms with van der Waals surface area (Å²) in [4.78, 5) is 27.4. The zero-order valence-corrected chi connectivity index (χ0v) is 20.1. The van der Waals surface area contributed by atoms with Crippen LogP contribution in [0.25, 0.3) is 5.57 Å². The Morgan fingerprint density at radius 2 is 1.81 bits per heavy atom. The van der Waals surface area contributed by atoms with Crippen molar-refractivity contribution in [1.82, 2.24) is 10.2 Å². The molecular weight excluding hydrogens is 456 g/mol. The topological polar surface area (TPSA) is 58.6 Å². The molecule has 0 radical (unpaired) electrons. The Morgan fingerprint density at radius 1 is 1.10 bits per heavy atom. The Bertz CT molecular complexity index is 933. The third-order valence-corrected chi connectivity index (χ3v) is 7.39. The quantitative estimate of drug-likeness (QED) is 0.600. The van der Waals surface area contributed by atoms with Crippen LogP contribution in [0, 0.1) is 5.92 Å². The fourth-order valence-electron chi connectivity index (χ4n) is 5.35. The van der Waals surface area contributed by atoms with Gasteiger partial charge in [0.05, 0.1) is 13.2 Å². The number of allylic oxidation sites excluding steroid dienone is 3. The monoisotopic (exact) mass is 486 g/mol. The minimum absolute atomic E-state index is 0.00688. The average Bonchev–Trinajstić information content (AvgIpc) is 3.48. The molecule has 1 aromatic rings. The number of rotatable bonds is 5. The van der Waals surface area contributed by atoms with Crippen LogP contribution in [0.3, 0.4) is 0 Å². The van der Waals surface area contributed by atoms with Crippen LogP contribution >= 0.6 is 15.9 Å². The molecule has 0 spiro atoms.